The van der Waals surface area contributed by atoms with Crippen LogP contribution in [0.25, 0.3) is 0 Å². The molecule has 2 amide bonds. The fourth-order valence-electron chi connectivity index (χ4n) is 2.76. The summed E-state index contributed by atoms with van der Waals surface area (Å²) in [6.07, 6.45) is 1.14. The molecule has 0 aliphatic heterocycles. The molecule has 2 aromatic rings. The maximum Gasteiger partial charge on any atom is 0.252 e. The van der Waals surface area contributed by atoms with Gasteiger partial charge in [-0.25, -0.2) is 12.8 Å². The lowest BCUT2D eigenvalue weighted by molar-refractivity contribution is -0.118. The summed E-state index contributed by atoms with van der Waals surface area (Å²) in [7, 11) is -3.33. The molecule has 2 aromatic carbocycles. The summed E-state index contributed by atoms with van der Waals surface area (Å²) in [6.45, 7) is 3.73. The van der Waals surface area contributed by atoms with Gasteiger partial charge in [-0.3, -0.25) is 9.59 Å². The zero-order valence-corrected chi connectivity index (χ0v) is 17.8. The van der Waals surface area contributed by atoms with E-state index in [4.69, 9.17) is 11.6 Å². The minimum atomic E-state index is -3.33. The minimum Gasteiger partial charge on any atom is -0.351 e. The van der Waals surface area contributed by atoms with Crippen molar-refractivity contribution in [2.75, 3.05) is 17.7 Å². The van der Waals surface area contributed by atoms with Crippen LogP contribution in [0.15, 0.2) is 47.4 Å². The molecule has 0 heterocycles. The summed E-state index contributed by atoms with van der Waals surface area (Å²) >= 11 is 5.86. The molecule has 1 N–H and O–H groups in total. The van der Waals surface area contributed by atoms with E-state index in [1.807, 2.05) is 13.8 Å². The van der Waals surface area contributed by atoms with Crippen molar-refractivity contribution in [1.82, 2.24) is 5.32 Å². The average molecular weight is 441 g/mol. The summed E-state index contributed by atoms with van der Waals surface area (Å²) < 4.78 is 36.3. The molecular weight excluding hydrogens is 419 g/mol. The number of anilines is 1. The van der Waals surface area contributed by atoms with Crippen LogP contribution in [-0.2, 0) is 14.6 Å². The zero-order valence-electron chi connectivity index (χ0n) is 16.3. The molecule has 9 heteroatoms. The Kier molecular flexibility index (Phi) is 7.37. The molecular formula is C20H22ClFN2O4S. The van der Waals surface area contributed by atoms with Crippen LogP contribution in [0, 0.1) is 5.82 Å². The molecule has 0 spiro atoms. The van der Waals surface area contributed by atoms with Gasteiger partial charge in [0.2, 0.25) is 5.91 Å². The molecule has 156 valence electrons. The van der Waals surface area contributed by atoms with Gasteiger partial charge in [-0.2, -0.15) is 0 Å². The van der Waals surface area contributed by atoms with E-state index >= 15 is 0 Å². The van der Waals surface area contributed by atoms with Crippen LogP contribution in [0.4, 0.5) is 10.1 Å². The topological polar surface area (TPSA) is 83.6 Å². The van der Waals surface area contributed by atoms with Crippen LogP contribution < -0.4 is 10.2 Å². The molecule has 0 aliphatic carbocycles. The zero-order chi connectivity index (χ0) is 21.8. The predicted molar refractivity (Wildman–Crippen MR) is 111 cm³/mol. The number of nitrogens with zero attached hydrogens (tertiary/aromatic N) is 1. The van der Waals surface area contributed by atoms with Crippen LogP contribution in [0.2, 0.25) is 5.02 Å². The van der Waals surface area contributed by atoms with E-state index in [1.54, 1.807) is 12.1 Å². The van der Waals surface area contributed by atoms with Crippen molar-refractivity contribution < 1.29 is 22.4 Å². The highest BCUT2D eigenvalue weighted by atomic mass is 35.5. The van der Waals surface area contributed by atoms with Gasteiger partial charge in [0.05, 0.1) is 15.5 Å². The maximum atomic E-state index is 13.1. The van der Waals surface area contributed by atoms with Crippen molar-refractivity contribution in [2.24, 2.45) is 0 Å². The van der Waals surface area contributed by atoms with Gasteiger partial charge in [0, 0.05) is 31.0 Å². The smallest absolute Gasteiger partial charge is 0.252 e. The minimum absolute atomic E-state index is 0.0106. The van der Waals surface area contributed by atoms with Crippen molar-refractivity contribution >= 4 is 38.9 Å². The van der Waals surface area contributed by atoms with E-state index in [0.717, 1.165) is 18.4 Å². The number of sulfone groups is 1. The summed E-state index contributed by atoms with van der Waals surface area (Å²) in [6, 6.07) is 9.33. The second-order valence-electron chi connectivity index (χ2n) is 6.75. The quantitative estimate of drug-likeness (QED) is 0.714. The largest absolute Gasteiger partial charge is 0.351 e. The fourth-order valence-corrected chi connectivity index (χ4v) is 3.64. The van der Waals surface area contributed by atoms with Gasteiger partial charge in [0.1, 0.15) is 5.82 Å². The number of nitrogens with one attached hydrogen (secondary N) is 1. The molecule has 0 atom stereocenters. The molecule has 29 heavy (non-hydrogen) atoms. The number of halogens is 2. The third kappa shape index (κ3) is 6.01. The van der Waals surface area contributed by atoms with Crippen molar-refractivity contribution in [3.63, 3.8) is 0 Å². The normalized spacial score (nSPS) is 11.4. The van der Waals surface area contributed by atoms with Crippen LogP contribution in [0.3, 0.4) is 0 Å². The predicted octanol–water partition coefficient (Wildman–Crippen LogP) is 3.44. The third-order valence-electron chi connectivity index (χ3n) is 4.13. The van der Waals surface area contributed by atoms with Crippen molar-refractivity contribution in [3.05, 3.63) is 58.9 Å². The van der Waals surface area contributed by atoms with E-state index in [0.29, 0.717) is 5.69 Å². The number of carbonyl (C=O) groups is 2. The highest BCUT2D eigenvalue weighted by Gasteiger charge is 2.20. The standard InChI is InChI=1S/C20H22ClFN2O4S/c1-13(2)24(15-5-7-16(8-6-15)29(3,27)28)19(25)10-11-23-20(26)17-9-4-14(22)12-18(17)21/h4-9,12-13H,10-11H2,1-3H3,(H,23,26). The molecule has 0 unspecified atom stereocenters. The first-order chi connectivity index (χ1) is 13.5. The van der Waals surface area contributed by atoms with Gasteiger partial charge < -0.3 is 10.2 Å². The van der Waals surface area contributed by atoms with Crippen molar-refractivity contribution in [2.45, 2.75) is 31.2 Å². The van der Waals surface area contributed by atoms with Gasteiger partial charge in [-0.05, 0) is 56.3 Å². The van der Waals surface area contributed by atoms with Gasteiger partial charge >= 0.3 is 0 Å². The summed E-state index contributed by atoms with van der Waals surface area (Å²) in [4.78, 5) is 26.5. The number of hydrogen-bond acceptors (Lipinski definition) is 4. The van der Waals surface area contributed by atoms with Gasteiger partial charge in [0.15, 0.2) is 9.84 Å². The Labute approximate surface area is 174 Å². The highest BCUT2D eigenvalue weighted by molar-refractivity contribution is 7.90. The molecule has 2 rings (SSSR count). The Morgan fingerprint density at radius 2 is 1.76 bits per heavy atom. The SMILES string of the molecule is CC(C)N(C(=O)CCNC(=O)c1ccc(F)cc1Cl)c1ccc(S(C)(=O)=O)cc1. The lowest BCUT2D eigenvalue weighted by Gasteiger charge is -2.27. The molecule has 0 bridgehead atoms. The van der Waals surface area contributed by atoms with Crippen LogP contribution in [-0.4, -0.2) is 39.1 Å². The number of hydrogen-bond donors (Lipinski definition) is 1. The Balaban J connectivity index is 2.03. The molecule has 0 radical (unpaired) electrons. The first-order valence-electron chi connectivity index (χ1n) is 8.86. The van der Waals surface area contributed by atoms with E-state index < -0.39 is 21.6 Å². The van der Waals surface area contributed by atoms with Crippen molar-refractivity contribution in [3.8, 4) is 0 Å². The van der Waals surface area contributed by atoms with E-state index in [-0.39, 0.29) is 40.4 Å². The Hall–Kier alpha value is -2.45. The summed E-state index contributed by atoms with van der Waals surface area (Å²) in [5.74, 6) is -1.29. The number of carbonyl (C=O) groups excluding carboxylic acids is 2. The Morgan fingerprint density at radius 1 is 1.14 bits per heavy atom. The number of benzene rings is 2. The molecule has 0 saturated heterocycles. The van der Waals surface area contributed by atoms with Gasteiger partial charge in [-0.15, -0.1) is 0 Å². The molecule has 0 saturated carbocycles. The maximum absolute atomic E-state index is 13.1. The molecule has 0 fully saturated rings. The average Bonchev–Trinajstić information content (AvgIpc) is 2.61. The monoisotopic (exact) mass is 440 g/mol. The van der Waals surface area contributed by atoms with Gasteiger partial charge in [0.25, 0.3) is 5.91 Å². The molecule has 0 aromatic heterocycles. The summed E-state index contributed by atoms with van der Waals surface area (Å²) in [5.41, 5.74) is 0.683. The van der Waals surface area contributed by atoms with Crippen molar-refractivity contribution in [1.29, 1.82) is 0 Å². The summed E-state index contributed by atoms with van der Waals surface area (Å²) in [5, 5.41) is 2.58. The molecule has 6 nitrogen and oxygen atoms in total. The number of amides is 2. The Bertz CT molecular complexity index is 1010. The second-order valence-corrected chi connectivity index (χ2v) is 9.18. The van der Waals surface area contributed by atoms with Gasteiger partial charge in [-0.1, -0.05) is 11.6 Å². The lowest BCUT2D eigenvalue weighted by Crippen LogP contribution is -2.39. The fraction of sp³-hybridized carbons (Fsp3) is 0.300. The molecule has 0 aliphatic rings. The van der Waals surface area contributed by atoms with E-state index in [2.05, 4.69) is 5.32 Å². The number of rotatable bonds is 7. The highest BCUT2D eigenvalue weighted by Crippen LogP contribution is 2.21. The third-order valence-corrected chi connectivity index (χ3v) is 5.57. The Morgan fingerprint density at radius 3 is 2.28 bits per heavy atom. The second kappa shape index (κ2) is 9.37. The van der Waals surface area contributed by atoms with Crippen LogP contribution >= 0.6 is 11.6 Å². The first kappa shape index (κ1) is 22.8. The van der Waals surface area contributed by atoms with E-state index in [9.17, 15) is 22.4 Å². The van der Waals surface area contributed by atoms with Crippen LogP contribution in [0.5, 0.6) is 0 Å². The van der Waals surface area contributed by atoms with Crippen LogP contribution in [0.1, 0.15) is 30.6 Å². The first-order valence-corrected chi connectivity index (χ1v) is 11.1. The van der Waals surface area contributed by atoms with E-state index in [1.165, 1.54) is 23.1 Å². The lowest BCUT2D eigenvalue weighted by atomic mass is 10.2.